The van der Waals surface area contributed by atoms with Crippen LogP contribution in [0.1, 0.15) is 33.5 Å². The van der Waals surface area contributed by atoms with Crippen molar-refractivity contribution in [2.24, 2.45) is 0 Å². The Labute approximate surface area is 148 Å². The van der Waals surface area contributed by atoms with E-state index in [0.717, 1.165) is 21.6 Å². The van der Waals surface area contributed by atoms with Crippen LogP contribution in [0.15, 0.2) is 57.6 Å². The van der Waals surface area contributed by atoms with Crippen molar-refractivity contribution in [2.45, 2.75) is 19.9 Å². The van der Waals surface area contributed by atoms with Crippen LogP contribution in [0.3, 0.4) is 0 Å². The van der Waals surface area contributed by atoms with E-state index in [1.165, 1.54) is 0 Å². The third-order valence-electron chi connectivity index (χ3n) is 3.77. The van der Waals surface area contributed by atoms with E-state index < -0.39 is 0 Å². The minimum absolute atomic E-state index is 0.124. The quantitative estimate of drug-likeness (QED) is 0.722. The van der Waals surface area contributed by atoms with Crippen molar-refractivity contribution < 1.29 is 9.21 Å². The molecule has 0 fully saturated rings. The zero-order valence-corrected chi connectivity index (χ0v) is 15.1. The van der Waals surface area contributed by atoms with Crippen LogP contribution in [0.2, 0.25) is 0 Å². The predicted octanol–water partition coefficient (Wildman–Crippen LogP) is 3.87. The van der Waals surface area contributed by atoms with Gasteiger partial charge < -0.3 is 9.73 Å². The third-order valence-corrected chi connectivity index (χ3v) is 4.30. The average molecular weight is 388 g/mol. The minimum Gasteiger partial charge on any atom is -0.467 e. The predicted molar refractivity (Wildman–Crippen MR) is 95.0 cm³/mol. The minimum atomic E-state index is -0.187. The maximum absolute atomic E-state index is 12.4. The molecule has 5 nitrogen and oxygen atoms in total. The molecule has 6 heteroatoms. The summed E-state index contributed by atoms with van der Waals surface area (Å²) < 4.78 is 8.37. The van der Waals surface area contributed by atoms with Crippen LogP contribution in [0, 0.1) is 13.8 Å². The lowest BCUT2D eigenvalue weighted by Crippen LogP contribution is -2.32. The van der Waals surface area contributed by atoms with Gasteiger partial charge in [-0.15, -0.1) is 0 Å². The van der Waals surface area contributed by atoms with Crippen molar-refractivity contribution in [3.63, 3.8) is 0 Å². The van der Waals surface area contributed by atoms with Crippen LogP contribution in [0.25, 0.3) is 0 Å². The SMILES string of the molecule is Cc1cc(C)n(C(CNC(=O)c2ccc(Br)cc2)c2ccco2)n1. The van der Waals surface area contributed by atoms with E-state index in [1.807, 2.05) is 48.9 Å². The highest BCUT2D eigenvalue weighted by atomic mass is 79.9. The molecule has 0 saturated carbocycles. The fraction of sp³-hybridized carbons (Fsp3) is 0.222. The zero-order valence-electron chi connectivity index (χ0n) is 13.5. The van der Waals surface area contributed by atoms with Crippen LogP contribution < -0.4 is 5.32 Å². The van der Waals surface area contributed by atoms with Gasteiger partial charge in [-0.3, -0.25) is 9.48 Å². The largest absolute Gasteiger partial charge is 0.467 e. The van der Waals surface area contributed by atoms with E-state index in [0.29, 0.717) is 12.1 Å². The maximum Gasteiger partial charge on any atom is 0.251 e. The van der Waals surface area contributed by atoms with E-state index in [9.17, 15) is 4.79 Å². The number of furan rings is 1. The standard InChI is InChI=1S/C18H18BrN3O2/c1-12-10-13(2)22(21-12)16(17-4-3-9-24-17)11-20-18(23)14-5-7-15(19)8-6-14/h3-10,16H,11H2,1-2H3,(H,20,23). The molecule has 1 atom stereocenters. The number of hydrogen-bond donors (Lipinski definition) is 1. The topological polar surface area (TPSA) is 60.1 Å². The Hall–Kier alpha value is -2.34. The molecule has 0 saturated heterocycles. The van der Waals surface area contributed by atoms with E-state index in [4.69, 9.17) is 4.42 Å². The van der Waals surface area contributed by atoms with Crippen molar-refractivity contribution in [3.05, 3.63) is 75.9 Å². The summed E-state index contributed by atoms with van der Waals surface area (Å²) in [5.74, 6) is 0.637. The van der Waals surface area contributed by atoms with Gasteiger partial charge in [-0.2, -0.15) is 5.10 Å². The van der Waals surface area contributed by atoms with Gasteiger partial charge in [-0.05, 0) is 56.3 Å². The Balaban J connectivity index is 1.79. The maximum atomic E-state index is 12.4. The van der Waals surface area contributed by atoms with Crippen LogP contribution in [0.5, 0.6) is 0 Å². The molecule has 2 heterocycles. The number of nitrogens with zero attached hydrogens (tertiary/aromatic N) is 2. The summed E-state index contributed by atoms with van der Waals surface area (Å²) in [5, 5.41) is 7.49. The average Bonchev–Trinajstić information content (AvgIpc) is 3.19. The summed E-state index contributed by atoms with van der Waals surface area (Å²) in [6.07, 6.45) is 1.63. The molecule has 3 aromatic rings. The molecule has 1 aromatic carbocycles. The van der Waals surface area contributed by atoms with Crippen molar-refractivity contribution in [1.29, 1.82) is 0 Å². The molecule has 1 N–H and O–H groups in total. The Morgan fingerprint density at radius 1 is 1.29 bits per heavy atom. The van der Waals surface area contributed by atoms with Gasteiger partial charge in [0.15, 0.2) is 0 Å². The van der Waals surface area contributed by atoms with Gasteiger partial charge in [0, 0.05) is 22.3 Å². The lowest BCUT2D eigenvalue weighted by atomic mass is 10.2. The van der Waals surface area contributed by atoms with Crippen molar-refractivity contribution in [3.8, 4) is 0 Å². The first-order chi connectivity index (χ1) is 11.5. The first-order valence-electron chi connectivity index (χ1n) is 7.64. The van der Waals surface area contributed by atoms with Gasteiger partial charge >= 0.3 is 0 Å². The molecule has 0 radical (unpaired) electrons. The van der Waals surface area contributed by atoms with E-state index >= 15 is 0 Å². The molecule has 1 unspecified atom stereocenters. The molecule has 0 bridgehead atoms. The third kappa shape index (κ3) is 3.59. The monoisotopic (exact) mass is 387 g/mol. The fourth-order valence-corrected chi connectivity index (χ4v) is 2.91. The number of hydrogen-bond acceptors (Lipinski definition) is 3. The molecular formula is C18H18BrN3O2. The first-order valence-corrected chi connectivity index (χ1v) is 8.44. The lowest BCUT2D eigenvalue weighted by molar-refractivity contribution is 0.0948. The van der Waals surface area contributed by atoms with Crippen LogP contribution in [0.4, 0.5) is 0 Å². The Kier molecular flexibility index (Phi) is 4.85. The van der Waals surface area contributed by atoms with Crippen LogP contribution in [-0.2, 0) is 0 Å². The molecule has 0 aliphatic rings. The Morgan fingerprint density at radius 3 is 2.62 bits per heavy atom. The second-order valence-corrected chi connectivity index (χ2v) is 6.54. The highest BCUT2D eigenvalue weighted by Crippen LogP contribution is 2.20. The second-order valence-electron chi connectivity index (χ2n) is 5.62. The summed E-state index contributed by atoms with van der Waals surface area (Å²) in [7, 11) is 0. The van der Waals surface area contributed by atoms with Gasteiger partial charge in [0.05, 0.1) is 12.0 Å². The molecule has 2 aromatic heterocycles. The second kappa shape index (κ2) is 7.05. The molecule has 0 aliphatic carbocycles. The summed E-state index contributed by atoms with van der Waals surface area (Å²) in [6.45, 7) is 4.33. The lowest BCUT2D eigenvalue weighted by Gasteiger charge is -2.18. The Bertz CT molecular complexity index is 823. The number of halogens is 1. The number of nitrogens with one attached hydrogen (secondary N) is 1. The number of aryl methyl sites for hydroxylation is 2. The van der Waals surface area contributed by atoms with E-state index in [1.54, 1.807) is 18.4 Å². The normalized spacial score (nSPS) is 12.1. The van der Waals surface area contributed by atoms with Gasteiger partial charge in [0.2, 0.25) is 0 Å². The zero-order chi connectivity index (χ0) is 17.1. The van der Waals surface area contributed by atoms with Crippen molar-refractivity contribution in [1.82, 2.24) is 15.1 Å². The smallest absolute Gasteiger partial charge is 0.251 e. The van der Waals surface area contributed by atoms with Crippen LogP contribution >= 0.6 is 15.9 Å². The van der Waals surface area contributed by atoms with Crippen molar-refractivity contribution in [2.75, 3.05) is 6.54 Å². The highest BCUT2D eigenvalue weighted by Gasteiger charge is 2.20. The molecular weight excluding hydrogens is 370 g/mol. The highest BCUT2D eigenvalue weighted by molar-refractivity contribution is 9.10. The van der Waals surface area contributed by atoms with Gasteiger partial charge in [0.1, 0.15) is 11.8 Å². The van der Waals surface area contributed by atoms with Crippen molar-refractivity contribution >= 4 is 21.8 Å². The summed E-state index contributed by atoms with van der Waals surface area (Å²) in [6, 6.07) is 12.8. The Morgan fingerprint density at radius 2 is 2.04 bits per heavy atom. The summed E-state index contributed by atoms with van der Waals surface area (Å²) >= 11 is 3.37. The van der Waals surface area contributed by atoms with E-state index in [2.05, 4.69) is 26.3 Å². The number of benzene rings is 1. The molecule has 1 amide bonds. The number of amides is 1. The molecule has 0 aliphatic heterocycles. The summed E-state index contributed by atoms with van der Waals surface area (Å²) in [5.41, 5.74) is 2.57. The molecule has 24 heavy (non-hydrogen) atoms. The molecule has 124 valence electrons. The summed E-state index contributed by atoms with van der Waals surface area (Å²) in [4.78, 5) is 12.4. The first kappa shape index (κ1) is 16.5. The number of rotatable bonds is 5. The van der Waals surface area contributed by atoms with Gasteiger partial charge in [0.25, 0.3) is 5.91 Å². The molecule has 0 spiro atoms. The van der Waals surface area contributed by atoms with E-state index in [-0.39, 0.29) is 11.9 Å². The number of aromatic nitrogens is 2. The van der Waals surface area contributed by atoms with Crippen LogP contribution in [-0.4, -0.2) is 22.2 Å². The number of carbonyl (C=O) groups is 1. The fourth-order valence-electron chi connectivity index (χ4n) is 2.64. The number of carbonyl (C=O) groups excluding carboxylic acids is 1. The van der Waals surface area contributed by atoms with Gasteiger partial charge in [-0.1, -0.05) is 15.9 Å². The molecule has 3 rings (SSSR count). The van der Waals surface area contributed by atoms with Gasteiger partial charge in [-0.25, -0.2) is 0 Å².